The fourth-order valence-electron chi connectivity index (χ4n) is 8.11. The molecule has 2 N–H and O–H groups in total. The van der Waals surface area contributed by atoms with Crippen LogP contribution in [0.15, 0.2) is 189 Å². The molecule has 5 aromatic carbocycles. The highest BCUT2D eigenvalue weighted by Crippen LogP contribution is 2.44. The minimum absolute atomic E-state index is 0.115. The van der Waals surface area contributed by atoms with E-state index in [0.717, 1.165) is 42.1 Å². The van der Waals surface area contributed by atoms with Gasteiger partial charge in [-0.15, -0.1) is 33.3 Å². The third-order valence-corrected chi connectivity index (χ3v) is 15.0. The number of amides is 2. The Morgan fingerprint density at radius 1 is 0.836 bits per heavy atom. The number of aromatic nitrogens is 3. The van der Waals surface area contributed by atoms with Gasteiger partial charge in [0.05, 0.1) is 0 Å². The number of benzene rings is 5. The Hall–Kier alpha value is -6.85. The van der Waals surface area contributed by atoms with Gasteiger partial charge in [0.25, 0.3) is 11.8 Å². The zero-order valence-corrected chi connectivity index (χ0v) is 39.7. The summed E-state index contributed by atoms with van der Waals surface area (Å²) in [6.07, 6.45) is 1.13. The molecule has 0 radical (unpaired) electrons. The van der Waals surface area contributed by atoms with Crippen molar-refractivity contribution in [2.45, 2.75) is 41.2 Å². The van der Waals surface area contributed by atoms with Crippen LogP contribution in [0.3, 0.4) is 0 Å². The minimum Gasteiger partial charge on any atom is -0.448 e. The molecule has 67 heavy (non-hydrogen) atoms. The quantitative estimate of drug-likeness (QED) is 0.0238. The first-order valence-corrected chi connectivity index (χ1v) is 24.8. The van der Waals surface area contributed by atoms with Crippen molar-refractivity contribution in [2.24, 2.45) is 5.16 Å². The molecule has 336 valence electrons. The van der Waals surface area contributed by atoms with Gasteiger partial charge in [-0.05, 0) is 58.2 Å². The maximum Gasteiger partial charge on any atom is 0.356 e. The van der Waals surface area contributed by atoms with Crippen molar-refractivity contribution in [1.82, 2.24) is 25.4 Å². The second-order valence-corrected chi connectivity index (χ2v) is 20.1. The summed E-state index contributed by atoms with van der Waals surface area (Å²) in [6.45, 7) is 3.81. The van der Waals surface area contributed by atoms with Crippen molar-refractivity contribution in [3.05, 3.63) is 218 Å². The third kappa shape index (κ3) is 9.56. The highest BCUT2D eigenvalue weighted by Gasteiger charge is 2.55. The maximum absolute atomic E-state index is 14.6. The lowest BCUT2D eigenvalue weighted by atomic mass is 9.77. The van der Waals surface area contributed by atoms with Crippen molar-refractivity contribution in [1.29, 1.82) is 0 Å². The lowest BCUT2D eigenvalue weighted by Gasteiger charge is -2.49. The molecular formula is C51H43N7O5S4. The van der Waals surface area contributed by atoms with Crippen LogP contribution in [0.4, 0.5) is 5.13 Å². The van der Waals surface area contributed by atoms with Crippen molar-refractivity contribution in [3.8, 4) is 0 Å². The number of esters is 1. The van der Waals surface area contributed by atoms with E-state index in [9.17, 15) is 14.4 Å². The van der Waals surface area contributed by atoms with Crippen LogP contribution in [0.1, 0.15) is 51.5 Å². The molecule has 2 aromatic heterocycles. The first-order chi connectivity index (χ1) is 32.7. The maximum atomic E-state index is 14.6. The van der Waals surface area contributed by atoms with Gasteiger partial charge in [0.15, 0.2) is 21.3 Å². The number of carbonyl (C=O) groups is 3. The number of thiazole rings is 1. The van der Waals surface area contributed by atoms with E-state index < -0.39 is 40.8 Å². The van der Waals surface area contributed by atoms with Gasteiger partial charge in [0.2, 0.25) is 0 Å². The number of aryl methyl sites for hydroxylation is 1. The molecular weight excluding hydrogens is 919 g/mol. The van der Waals surface area contributed by atoms with E-state index in [4.69, 9.17) is 14.6 Å². The second-order valence-electron chi connectivity index (χ2n) is 15.4. The van der Waals surface area contributed by atoms with E-state index in [1.165, 1.54) is 58.2 Å². The molecule has 2 atom stereocenters. The fraction of sp³-hybridized carbons (Fsp3) is 0.157. The van der Waals surface area contributed by atoms with Crippen LogP contribution in [-0.4, -0.2) is 67.9 Å². The summed E-state index contributed by atoms with van der Waals surface area (Å²) in [5.41, 5.74) is 4.49. The van der Waals surface area contributed by atoms with Crippen LogP contribution in [0.2, 0.25) is 0 Å². The number of β-lactam (4-membered cyclic amide) rings is 1. The van der Waals surface area contributed by atoms with E-state index in [1.807, 2.05) is 135 Å². The van der Waals surface area contributed by atoms with Gasteiger partial charge in [-0.3, -0.25) is 14.5 Å². The number of hydrogen-bond acceptors (Lipinski definition) is 14. The molecule has 0 saturated carbocycles. The van der Waals surface area contributed by atoms with E-state index in [-0.39, 0.29) is 17.1 Å². The fourth-order valence-corrected chi connectivity index (χ4v) is 12.1. The van der Waals surface area contributed by atoms with Gasteiger partial charge < -0.3 is 20.2 Å². The van der Waals surface area contributed by atoms with Crippen LogP contribution >= 0.6 is 46.2 Å². The summed E-state index contributed by atoms with van der Waals surface area (Å²) in [6, 6.07) is 48.3. The number of nitrogens with zero attached hydrogens (tertiary/aromatic N) is 5. The van der Waals surface area contributed by atoms with E-state index in [2.05, 4.69) is 62.4 Å². The molecule has 0 spiro atoms. The van der Waals surface area contributed by atoms with E-state index >= 15 is 0 Å². The lowest BCUT2D eigenvalue weighted by molar-refractivity contribution is -0.154. The summed E-state index contributed by atoms with van der Waals surface area (Å²) >= 11 is 5.65. The molecule has 1 fully saturated rings. The number of rotatable bonds is 16. The average molecular weight is 962 g/mol. The Morgan fingerprint density at radius 3 is 1.91 bits per heavy atom. The Kier molecular flexibility index (Phi) is 13.8. The molecule has 2 unspecified atom stereocenters. The van der Waals surface area contributed by atoms with Crippen LogP contribution in [-0.2, 0) is 29.5 Å². The van der Waals surface area contributed by atoms with E-state index in [1.54, 1.807) is 5.38 Å². The monoisotopic (exact) mass is 961 g/mol. The molecule has 16 heteroatoms. The van der Waals surface area contributed by atoms with E-state index in [0.29, 0.717) is 16.5 Å². The molecule has 2 aliphatic rings. The Balaban J connectivity index is 0.996. The predicted octanol–water partition coefficient (Wildman–Crippen LogP) is 9.74. The number of nitrogens with one attached hydrogen (secondary N) is 2. The summed E-state index contributed by atoms with van der Waals surface area (Å²) < 4.78 is 7.13. The number of anilines is 1. The second kappa shape index (κ2) is 20.3. The standard InChI is InChI=1S/C51H43N7O5S4/c1-32(66-50-56-55-33(2)67-50)29-36-30-64-47-42(46(60)58(47)43(36)48(61)63-44(34-19-9-4-10-20-34)35-21-11-5-12-22-35)53-45(59)41(57-62-3)40-31-65-49(52-40)54-51(37-23-13-6-14-24-37,38-25-15-7-16-26-38)39-27-17-8-18-28-39/h4-29,31,42,44,47H,30H2,1-3H3,(H,52,54)(H,53,59). The zero-order chi connectivity index (χ0) is 46.3. The number of ether oxygens (including phenoxy) is 1. The van der Waals surface area contributed by atoms with Crippen LogP contribution in [0, 0.1) is 6.92 Å². The molecule has 2 amide bonds. The number of fused-ring (bicyclic) bond motifs is 1. The van der Waals surface area contributed by atoms with Gasteiger partial charge in [-0.2, -0.15) is 0 Å². The van der Waals surface area contributed by atoms with Crippen molar-refractivity contribution in [3.63, 3.8) is 0 Å². The topological polar surface area (TPSA) is 148 Å². The first kappa shape index (κ1) is 45.3. The zero-order valence-electron chi connectivity index (χ0n) is 36.4. The summed E-state index contributed by atoms with van der Waals surface area (Å²) in [7, 11) is 1.35. The van der Waals surface area contributed by atoms with Crippen LogP contribution in [0.5, 0.6) is 0 Å². The minimum atomic E-state index is -0.995. The van der Waals surface area contributed by atoms with Gasteiger partial charge in [0, 0.05) is 11.1 Å². The normalized spacial score (nSPS) is 16.3. The van der Waals surface area contributed by atoms with Crippen molar-refractivity contribution in [2.75, 3.05) is 18.2 Å². The smallest absolute Gasteiger partial charge is 0.356 e. The van der Waals surface area contributed by atoms with Gasteiger partial charge in [-0.1, -0.05) is 180 Å². The Labute approximate surface area is 404 Å². The summed E-state index contributed by atoms with van der Waals surface area (Å²) in [4.78, 5) is 55.7. The molecule has 2 aliphatic heterocycles. The highest BCUT2D eigenvalue weighted by molar-refractivity contribution is 8.04. The Morgan fingerprint density at radius 2 is 1.39 bits per heavy atom. The molecule has 9 rings (SSSR count). The SMILES string of the molecule is CON=C(C(=O)NC1C(=O)N2C(C(=O)OC(c3ccccc3)c3ccccc3)=C(C=C(C)Sc3nnc(C)s3)CSC12)c1csc(NC(c2ccccc2)(c2ccccc2)c2ccccc2)n1. The molecule has 0 aliphatic carbocycles. The number of oxime groups is 1. The average Bonchev–Trinajstić information content (AvgIpc) is 4.02. The number of hydrogen-bond donors (Lipinski definition) is 2. The van der Waals surface area contributed by atoms with Crippen molar-refractivity contribution < 1.29 is 24.0 Å². The first-order valence-electron chi connectivity index (χ1n) is 21.2. The number of thioether (sulfide) groups is 2. The number of carbonyl (C=O) groups excluding carboxylic acids is 3. The van der Waals surface area contributed by atoms with Crippen molar-refractivity contribution >= 4 is 74.8 Å². The van der Waals surface area contributed by atoms with Gasteiger partial charge in [0.1, 0.15) is 40.5 Å². The van der Waals surface area contributed by atoms with Crippen LogP contribution in [0.25, 0.3) is 0 Å². The van der Waals surface area contributed by atoms with Crippen LogP contribution < -0.4 is 10.6 Å². The summed E-state index contributed by atoms with van der Waals surface area (Å²) in [5.74, 6) is -1.45. The summed E-state index contributed by atoms with van der Waals surface area (Å²) in [5, 5.41) is 21.6. The number of allylic oxidation sites excluding steroid dienone is 2. The molecule has 1 saturated heterocycles. The predicted molar refractivity (Wildman–Crippen MR) is 266 cm³/mol. The molecule has 12 nitrogen and oxygen atoms in total. The van der Waals surface area contributed by atoms with Gasteiger partial charge >= 0.3 is 5.97 Å². The third-order valence-electron chi connectivity index (χ3n) is 11.1. The van der Waals surface area contributed by atoms with Gasteiger partial charge in [-0.25, -0.2) is 9.78 Å². The highest BCUT2D eigenvalue weighted by atomic mass is 32.2. The lowest BCUT2D eigenvalue weighted by Crippen LogP contribution is -2.71. The molecule has 4 heterocycles. The molecule has 0 bridgehead atoms. The molecule has 7 aromatic rings. The largest absolute Gasteiger partial charge is 0.448 e. The Bertz CT molecular complexity index is 2830.